The van der Waals surface area contributed by atoms with Crippen LogP contribution in [0.2, 0.25) is 0 Å². The van der Waals surface area contributed by atoms with Crippen molar-refractivity contribution in [1.29, 1.82) is 0 Å². The van der Waals surface area contributed by atoms with Crippen LogP contribution in [0.1, 0.15) is 5.56 Å². The zero-order valence-electron chi connectivity index (χ0n) is 13.8. The van der Waals surface area contributed by atoms with E-state index < -0.39 is 46.6 Å². The number of aromatic amines is 2. The van der Waals surface area contributed by atoms with Gasteiger partial charge in [0.05, 0.1) is 13.7 Å². The first-order valence-electron chi connectivity index (χ1n) is 7.56. The lowest BCUT2D eigenvalue weighted by Crippen LogP contribution is -2.43. The first kappa shape index (κ1) is 18.2. The molecule has 0 unspecified atom stereocenters. The smallest absolute Gasteiger partial charge is 0.333 e. The molecule has 0 fully saturated rings. The van der Waals surface area contributed by atoms with Gasteiger partial charge in [0, 0.05) is 16.7 Å². The van der Waals surface area contributed by atoms with Crippen molar-refractivity contribution in [2.24, 2.45) is 0 Å². The van der Waals surface area contributed by atoms with Crippen molar-refractivity contribution < 1.29 is 17.9 Å². The molecule has 140 valence electrons. The van der Waals surface area contributed by atoms with E-state index in [4.69, 9.17) is 4.74 Å². The van der Waals surface area contributed by atoms with Gasteiger partial charge in [-0.25, -0.2) is 32.1 Å². The third-order valence-corrected chi connectivity index (χ3v) is 3.91. The van der Waals surface area contributed by atoms with Gasteiger partial charge >= 0.3 is 17.1 Å². The lowest BCUT2D eigenvalue weighted by Gasteiger charge is -2.12. The molecule has 0 spiro atoms. The van der Waals surface area contributed by atoms with Crippen molar-refractivity contribution in [3.63, 3.8) is 0 Å². The zero-order chi connectivity index (χ0) is 19.7. The molecule has 0 saturated carbocycles. The Morgan fingerprint density at radius 2 is 1.56 bits per heavy atom. The summed E-state index contributed by atoms with van der Waals surface area (Å²) in [7, 11) is 1.24. The Hall–Kier alpha value is -3.56. The lowest BCUT2D eigenvalue weighted by molar-refractivity contribution is 0.387. The van der Waals surface area contributed by atoms with Crippen molar-refractivity contribution in [3.8, 4) is 16.9 Å². The number of hydrogen-bond donors (Lipinski definition) is 2. The fourth-order valence-electron chi connectivity index (χ4n) is 2.58. The Morgan fingerprint density at radius 1 is 0.926 bits per heavy atom. The van der Waals surface area contributed by atoms with Crippen LogP contribution in [0.25, 0.3) is 11.1 Å². The highest BCUT2D eigenvalue weighted by molar-refractivity contribution is 5.67. The van der Waals surface area contributed by atoms with Crippen molar-refractivity contribution in [2.75, 3.05) is 7.11 Å². The maximum atomic E-state index is 14.9. The molecule has 7 nitrogen and oxygen atoms in total. The molecular formula is C17H12F3N3O4. The minimum absolute atomic E-state index is 0.133. The summed E-state index contributed by atoms with van der Waals surface area (Å²) in [4.78, 5) is 38.1. The minimum atomic E-state index is -1.15. The molecule has 1 heterocycles. The molecule has 1 aromatic heterocycles. The average molecular weight is 379 g/mol. The standard InChI is InChI=1S/C17H12F3N3O4/c1-27-12-4-2-3-8(14(12)20)9-5-6-11(18)10(13(9)19)7-23-16(25)21-15(24)22-17(23)26/h2-6H,7H2,1H3,(H2,21,22,24,25,26). The number of ether oxygens (including phenoxy) is 1. The molecule has 0 radical (unpaired) electrons. The van der Waals surface area contributed by atoms with Gasteiger partial charge in [0.2, 0.25) is 0 Å². The monoisotopic (exact) mass is 379 g/mol. The fourth-order valence-corrected chi connectivity index (χ4v) is 2.58. The summed E-state index contributed by atoms with van der Waals surface area (Å²) in [5.41, 5.74) is -4.43. The van der Waals surface area contributed by atoms with E-state index in [0.717, 1.165) is 12.1 Å². The SMILES string of the molecule is COc1cccc(-c2ccc(F)c(Cn3c(=O)[nH]c(=O)[nH]c3=O)c2F)c1F. The molecule has 0 aliphatic rings. The van der Waals surface area contributed by atoms with Gasteiger partial charge in [-0.15, -0.1) is 0 Å². The summed E-state index contributed by atoms with van der Waals surface area (Å²) in [5.74, 6) is -3.18. The number of nitrogens with zero attached hydrogens (tertiary/aromatic N) is 1. The highest BCUT2D eigenvalue weighted by Gasteiger charge is 2.20. The molecular weight excluding hydrogens is 367 g/mol. The number of rotatable bonds is 4. The van der Waals surface area contributed by atoms with Crippen LogP contribution in [0.5, 0.6) is 5.75 Å². The number of H-pyrrole nitrogens is 2. The summed E-state index contributed by atoms with van der Waals surface area (Å²) in [6, 6.07) is 5.96. The Balaban J connectivity index is 2.18. The van der Waals surface area contributed by atoms with E-state index in [9.17, 15) is 27.6 Å². The largest absolute Gasteiger partial charge is 0.494 e. The molecule has 0 aliphatic heterocycles. The van der Waals surface area contributed by atoms with Crippen molar-refractivity contribution in [2.45, 2.75) is 6.54 Å². The molecule has 0 bridgehead atoms. The van der Waals surface area contributed by atoms with Crippen molar-refractivity contribution in [1.82, 2.24) is 14.5 Å². The van der Waals surface area contributed by atoms with E-state index in [1.807, 2.05) is 0 Å². The normalized spacial score (nSPS) is 10.8. The van der Waals surface area contributed by atoms with E-state index in [1.54, 1.807) is 9.97 Å². The fraction of sp³-hybridized carbons (Fsp3) is 0.118. The summed E-state index contributed by atoms with van der Waals surface area (Å²) >= 11 is 0. The Morgan fingerprint density at radius 3 is 2.19 bits per heavy atom. The van der Waals surface area contributed by atoms with Gasteiger partial charge < -0.3 is 4.74 Å². The molecule has 27 heavy (non-hydrogen) atoms. The second-order valence-corrected chi connectivity index (χ2v) is 5.48. The predicted octanol–water partition coefficient (Wildman–Crippen LogP) is 1.37. The van der Waals surface area contributed by atoms with E-state index in [-0.39, 0.29) is 16.9 Å². The molecule has 3 rings (SSSR count). The quantitative estimate of drug-likeness (QED) is 0.716. The maximum absolute atomic E-state index is 14.9. The lowest BCUT2D eigenvalue weighted by atomic mass is 10.0. The minimum Gasteiger partial charge on any atom is -0.494 e. The number of methoxy groups -OCH3 is 1. The molecule has 2 aromatic carbocycles. The Kier molecular flexibility index (Phi) is 4.72. The first-order chi connectivity index (χ1) is 12.8. The van der Waals surface area contributed by atoms with Crippen LogP contribution < -0.4 is 21.8 Å². The van der Waals surface area contributed by atoms with Crippen LogP contribution in [-0.2, 0) is 6.54 Å². The molecule has 3 aromatic rings. The van der Waals surface area contributed by atoms with Gasteiger partial charge in [0.1, 0.15) is 11.6 Å². The maximum Gasteiger partial charge on any atom is 0.333 e. The second-order valence-electron chi connectivity index (χ2n) is 5.48. The van der Waals surface area contributed by atoms with E-state index >= 15 is 0 Å². The third-order valence-electron chi connectivity index (χ3n) is 3.91. The van der Waals surface area contributed by atoms with Gasteiger partial charge in [0.25, 0.3) is 0 Å². The second kappa shape index (κ2) is 6.98. The van der Waals surface area contributed by atoms with Crippen LogP contribution >= 0.6 is 0 Å². The highest BCUT2D eigenvalue weighted by atomic mass is 19.1. The van der Waals surface area contributed by atoms with Crippen LogP contribution in [0, 0.1) is 17.5 Å². The van der Waals surface area contributed by atoms with Crippen LogP contribution in [-0.4, -0.2) is 21.6 Å². The number of hydrogen-bond acceptors (Lipinski definition) is 4. The first-order valence-corrected chi connectivity index (χ1v) is 7.56. The molecule has 10 heteroatoms. The number of halogens is 3. The van der Waals surface area contributed by atoms with Gasteiger partial charge in [-0.2, -0.15) is 0 Å². The summed E-state index contributed by atoms with van der Waals surface area (Å²) in [6.07, 6.45) is 0. The summed E-state index contributed by atoms with van der Waals surface area (Å²) in [6.45, 7) is -0.804. The van der Waals surface area contributed by atoms with Crippen LogP contribution in [0.3, 0.4) is 0 Å². The van der Waals surface area contributed by atoms with E-state index in [1.165, 1.54) is 25.3 Å². The van der Waals surface area contributed by atoms with E-state index in [0.29, 0.717) is 4.57 Å². The Labute approximate surface area is 148 Å². The summed E-state index contributed by atoms with van der Waals surface area (Å²) in [5, 5.41) is 0. The molecule has 0 atom stereocenters. The molecule has 0 saturated heterocycles. The number of aromatic nitrogens is 3. The molecule has 0 aliphatic carbocycles. The third kappa shape index (κ3) is 3.28. The number of benzene rings is 2. The van der Waals surface area contributed by atoms with Gasteiger partial charge in [-0.05, 0) is 18.2 Å². The predicted molar refractivity (Wildman–Crippen MR) is 89.3 cm³/mol. The van der Waals surface area contributed by atoms with Gasteiger partial charge in [-0.1, -0.05) is 12.1 Å². The molecule has 2 N–H and O–H groups in total. The van der Waals surface area contributed by atoms with Crippen molar-refractivity contribution >= 4 is 0 Å². The van der Waals surface area contributed by atoms with Gasteiger partial charge in [0.15, 0.2) is 11.6 Å². The van der Waals surface area contributed by atoms with Gasteiger partial charge in [-0.3, -0.25) is 9.97 Å². The van der Waals surface area contributed by atoms with E-state index in [2.05, 4.69) is 0 Å². The topological polar surface area (TPSA) is 96.9 Å². The van der Waals surface area contributed by atoms with Crippen molar-refractivity contribution in [3.05, 3.63) is 84.8 Å². The average Bonchev–Trinajstić information content (AvgIpc) is 2.61. The highest BCUT2D eigenvalue weighted by Crippen LogP contribution is 2.32. The number of nitrogens with one attached hydrogen (secondary N) is 2. The summed E-state index contributed by atoms with van der Waals surface area (Å²) < 4.78 is 48.8. The van der Waals surface area contributed by atoms with Crippen LogP contribution in [0.4, 0.5) is 13.2 Å². The molecule has 0 amide bonds. The Bertz CT molecular complexity index is 1160. The zero-order valence-corrected chi connectivity index (χ0v) is 13.8. The van der Waals surface area contributed by atoms with Crippen LogP contribution in [0.15, 0.2) is 44.7 Å².